The Hall–Kier alpha value is -1.51. The van der Waals surface area contributed by atoms with Crippen molar-refractivity contribution in [3.8, 4) is 5.75 Å². The number of ketones is 1. The van der Waals surface area contributed by atoms with Crippen LogP contribution in [0.2, 0.25) is 0 Å². The van der Waals surface area contributed by atoms with Gasteiger partial charge >= 0.3 is 0 Å². The quantitative estimate of drug-likeness (QED) is 0.530. The lowest BCUT2D eigenvalue weighted by molar-refractivity contribution is -0.277. The van der Waals surface area contributed by atoms with Crippen molar-refractivity contribution in [2.24, 2.45) is 0 Å². The van der Waals surface area contributed by atoms with Crippen LogP contribution in [0, 0.1) is 0 Å². The largest absolute Gasteiger partial charge is 0.461 e. The van der Waals surface area contributed by atoms with Crippen molar-refractivity contribution in [1.29, 1.82) is 0 Å². The average Bonchev–Trinajstić information content (AvgIpc) is 2.48. The van der Waals surface area contributed by atoms with Crippen LogP contribution >= 0.6 is 0 Å². The minimum atomic E-state index is -1.52. The second kappa shape index (κ2) is 6.50. The molecule has 4 N–H and O–H groups in total. The molecular weight excluding hydrogens is 280 g/mol. The van der Waals surface area contributed by atoms with E-state index in [1.54, 1.807) is 18.2 Å². The van der Waals surface area contributed by atoms with Crippen LogP contribution in [0.15, 0.2) is 24.3 Å². The van der Waals surface area contributed by atoms with Crippen LogP contribution in [0.5, 0.6) is 5.75 Å². The number of para-hydroxylation sites is 1. The van der Waals surface area contributed by atoms with Gasteiger partial charge in [0.15, 0.2) is 5.78 Å². The monoisotopic (exact) mass is 298 g/mol. The fourth-order valence-electron chi connectivity index (χ4n) is 2.15. The van der Waals surface area contributed by atoms with Crippen molar-refractivity contribution in [2.45, 2.75) is 37.6 Å². The number of aliphatic hydroxyl groups is 4. The zero-order chi connectivity index (χ0) is 15.6. The summed E-state index contributed by atoms with van der Waals surface area (Å²) >= 11 is 0. The second-order valence-corrected chi connectivity index (χ2v) is 4.87. The Bertz CT molecular complexity index is 502. The molecule has 0 radical (unpaired) electrons. The first kappa shape index (κ1) is 15.9. The number of hydrogen-bond donors (Lipinski definition) is 4. The van der Waals surface area contributed by atoms with Crippen LogP contribution in [-0.4, -0.2) is 63.5 Å². The smallest absolute Gasteiger partial charge is 0.229 e. The molecular formula is C14H18O7. The third kappa shape index (κ3) is 3.22. The maximum Gasteiger partial charge on any atom is 0.229 e. The molecule has 0 amide bonds. The van der Waals surface area contributed by atoms with E-state index in [2.05, 4.69) is 0 Å². The SMILES string of the molecule is CC(=O)c1ccccc1O[C@H]1O[C@H](CO)[C@H](O)[C@H](O)[C@H]1O. The van der Waals surface area contributed by atoms with E-state index in [1.807, 2.05) is 0 Å². The van der Waals surface area contributed by atoms with Crippen LogP contribution in [0.25, 0.3) is 0 Å². The summed E-state index contributed by atoms with van der Waals surface area (Å²) in [4.78, 5) is 11.5. The van der Waals surface area contributed by atoms with Crippen molar-refractivity contribution in [3.63, 3.8) is 0 Å². The van der Waals surface area contributed by atoms with Gasteiger partial charge in [-0.3, -0.25) is 4.79 Å². The summed E-state index contributed by atoms with van der Waals surface area (Å²) in [6.07, 6.45) is -6.85. The zero-order valence-electron chi connectivity index (χ0n) is 11.4. The molecule has 1 aliphatic rings. The maximum atomic E-state index is 11.5. The van der Waals surface area contributed by atoms with Crippen LogP contribution < -0.4 is 4.74 Å². The highest BCUT2D eigenvalue weighted by molar-refractivity contribution is 5.96. The lowest BCUT2D eigenvalue weighted by atomic mass is 9.99. The third-order valence-corrected chi connectivity index (χ3v) is 3.36. The standard InChI is InChI=1S/C14H18O7/c1-7(16)8-4-2-3-5-9(8)20-14-13(19)12(18)11(17)10(6-15)21-14/h2-5,10-15,17-19H,6H2,1H3/t10-,11+,12+,13-,14+/m1/s1. The van der Waals surface area contributed by atoms with Gasteiger partial charge in [0.2, 0.25) is 6.29 Å². The number of carbonyl (C=O) groups excluding carboxylic acids is 1. The topological polar surface area (TPSA) is 116 Å². The Labute approximate surface area is 121 Å². The number of aliphatic hydroxyl groups excluding tert-OH is 4. The molecule has 7 nitrogen and oxygen atoms in total. The lowest BCUT2D eigenvalue weighted by Gasteiger charge is -2.39. The van der Waals surface area contributed by atoms with E-state index in [-0.39, 0.29) is 11.5 Å². The van der Waals surface area contributed by atoms with E-state index in [1.165, 1.54) is 13.0 Å². The summed E-state index contributed by atoms with van der Waals surface area (Å²) in [5.41, 5.74) is 0.300. The molecule has 5 atom stereocenters. The second-order valence-electron chi connectivity index (χ2n) is 4.87. The van der Waals surface area contributed by atoms with Crippen LogP contribution in [0.4, 0.5) is 0 Å². The molecule has 0 saturated carbocycles. The molecule has 0 unspecified atom stereocenters. The van der Waals surface area contributed by atoms with Crippen LogP contribution in [-0.2, 0) is 4.74 Å². The van der Waals surface area contributed by atoms with Gasteiger partial charge in [-0.2, -0.15) is 0 Å². The van der Waals surface area contributed by atoms with Crippen molar-refractivity contribution in [1.82, 2.24) is 0 Å². The average molecular weight is 298 g/mol. The van der Waals surface area contributed by atoms with Gasteiger partial charge < -0.3 is 29.9 Å². The van der Waals surface area contributed by atoms with Gasteiger partial charge in [-0.25, -0.2) is 0 Å². The number of hydrogen-bond acceptors (Lipinski definition) is 7. The van der Waals surface area contributed by atoms with Gasteiger partial charge in [-0.15, -0.1) is 0 Å². The van der Waals surface area contributed by atoms with Crippen molar-refractivity contribution in [3.05, 3.63) is 29.8 Å². The van der Waals surface area contributed by atoms with Gasteiger partial charge in [0, 0.05) is 0 Å². The molecule has 0 aromatic heterocycles. The van der Waals surface area contributed by atoms with E-state index in [0.717, 1.165) is 0 Å². The fraction of sp³-hybridized carbons (Fsp3) is 0.500. The Morgan fingerprint density at radius 1 is 1.19 bits per heavy atom. The number of benzene rings is 1. The molecule has 2 rings (SSSR count). The van der Waals surface area contributed by atoms with Crippen molar-refractivity contribution < 1.29 is 34.7 Å². The normalized spacial score (nSPS) is 32.7. The van der Waals surface area contributed by atoms with E-state index in [0.29, 0.717) is 5.56 Å². The summed E-state index contributed by atoms with van der Waals surface area (Å²) in [6.45, 7) is 0.828. The molecule has 0 bridgehead atoms. The van der Waals surface area contributed by atoms with Crippen molar-refractivity contribution in [2.75, 3.05) is 6.61 Å². The minimum Gasteiger partial charge on any atom is -0.461 e. The molecule has 0 aliphatic carbocycles. The highest BCUT2D eigenvalue weighted by Crippen LogP contribution is 2.26. The molecule has 1 aromatic rings. The first-order chi connectivity index (χ1) is 9.95. The molecule has 7 heteroatoms. The van der Waals surface area contributed by atoms with Gasteiger partial charge in [0.05, 0.1) is 12.2 Å². The van der Waals surface area contributed by atoms with Gasteiger partial charge in [-0.05, 0) is 19.1 Å². The van der Waals surface area contributed by atoms with E-state index < -0.39 is 37.3 Å². The number of carbonyl (C=O) groups is 1. The van der Waals surface area contributed by atoms with Gasteiger partial charge in [-0.1, -0.05) is 12.1 Å². The molecule has 1 fully saturated rings. The number of Topliss-reactive ketones (excluding diaryl/α,β-unsaturated/α-hetero) is 1. The fourth-order valence-corrected chi connectivity index (χ4v) is 2.15. The van der Waals surface area contributed by atoms with Crippen LogP contribution in [0.1, 0.15) is 17.3 Å². The van der Waals surface area contributed by atoms with E-state index in [4.69, 9.17) is 14.6 Å². The van der Waals surface area contributed by atoms with E-state index >= 15 is 0 Å². The molecule has 1 saturated heterocycles. The predicted octanol–water partition coefficient (Wildman–Crippen LogP) is -0.932. The number of rotatable bonds is 4. The summed E-state index contributed by atoms with van der Waals surface area (Å²) in [5, 5.41) is 38.4. The van der Waals surface area contributed by atoms with Gasteiger partial charge in [0.1, 0.15) is 30.2 Å². The summed E-state index contributed by atoms with van der Waals surface area (Å²) in [7, 11) is 0. The first-order valence-corrected chi connectivity index (χ1v) is 6.53. The minimum absolute atomic E-state index is 0.189. The Balaban J connectivity index is 2.20. The summed E-state index contributed by atoms with van der Waals surface area (Å²) in [6, 6.07) is 6.39. The molecule has 116 valence electrons. The molecule has 21 heavy (non-hydrogen) atoms. The predicted molar refractivity (Wildman–Crippen MR) is 70.8 cm³/mol. The third-order valence-electron chi connectivity index (χ3n) is 3.36. The molecule has 0 spiro atoms. The van der Waals surface area contributed by atoms with Gasteiger partial charge in [0.25, 0.3) is 0 Å². The first-order valence-electron chi connectivity index (χ1n) is 6.53. The zero-order valence-corrected chi connectivity index (χ0v) is 11.4. The van der Waals surface area contributed by atoms with Crippen LogP contribution in [0.3, 0.4) is 0 Å². The number of ether oxygens (including phenoxy) is 2. The Morgan fingerprint density at radius 3 is 2.48 bits per heavy atom. The maximum absolute atomic E-state index is 11.5. The van der Waals surface area contributed by atoms with E-state index in [9.17, 15) is 20.1 Å². The molecule has 1 aliphatic heterocycles. The lowest BCUT2D eigenvalue weighted by Crippen LogP contribution is -2.60. The Morgan fingerprint density at radius 2 is 1.86 bits per heavy atom. The summed E-state index contributed by atoms with van der Waals surface area (Å²) in [5.74, 6) is -0.0375. The molecule has 1 aromatic carbocycles. The highest BCUT2D eigenvalue weighted by atomic mass is 16.7. The van der Waals surface area contributed by atoms with Crippen molar-refractivity contribution >= 4 is 5.78 Å². The Kier molecular flexibility index (Phi) is 4.92. The summed E-state index contributed by atoms with van der Waals surface area (Å²) < 4.78 is 10.7. The molecule has 1 heterocycles. The highest BCUT2D eigenvalue weighted by Gasteiger charge is 2.44.